The number of aliphatic hydroxyl groups excluding tert-OH is 1. The van der Waals surface area contributed by atoms with Gasteiger partial charge < -0.3 is 15.4 Å². The van der Waals surface area contributed by atoms with Gasteiger partial charge in [0.05, 0.1) is 23.7 Å². The van der Waals surface area contributed by atoms with E-state index in [1.165, 1.54) is 44.7 Å². The third-order valence-electron chi connectivity index (χ3n) is 8.21. The first-order valence-electron chi connectivity index (χ1n) is 14.2. The fraction of sp³-hybridized carbons (Fsp3) is 0.353. The summed E-state index contributed by atoms with van der Waals surface area (Å²) in [4.78, 5) is 21.0. The van der Waals surface area contributed by atoms with Crippen LogP contribution in [0.3, 0.4) is 0 Å². The van der Waals surface area contributed by atoms with E-state index in [2.05, 4.69) is 86.5 Å². The number of carbonyl (C=O) groups excluding carboxylic acids is 1. The largest absolute Gasteiger partial charge is 0.395 e. The van der Waals surface area contributed by atoms with Gasteiger partial charge in [0.25, 0.3) is 0 Å². The number of aryl methyl sites for hydroxylation is 3. The van der Waals surface area contributed by atoms with E-state index in [-0.39, 0.29) is 12.5 Å². The van der Waals surface area contributed by atoms with Crippen LogP contribution in [0.25, 0.3) is 5.57 Å². The Morgan fingerprint density at radius 3 is 2.54 bits per heavy atom. The minimum absolute atomic E-state index is 0.0103. The SMILES string of the molecule is CCc1c(C)[nH]c(C(=C2N=C3C(=C2C)CCc2ccccc23)c2ccc(CCCC(=O)NCCO)cc2)c1C. The molecule has 0 saturated carbocycles. The van der Waals surface area contributed by atoms with E-state index in [0.29, 0.717) is 13.0 Å². The van der Waals surface area contributed by atoms with Gasteiger partial charge in [-0.15, -0.1) is 0 Å². The minimum atomic E-state index is -0.0290. The third kappa shape index (κ3) is 5.28. The molecule has 202 valence electrons. The molecule has 0 radical (unpaired) electrons. The third-order valence-corrected chi connectivity index (χ3v) is 8.21. The van der Waals surface area contributed by atoms with Crippen LogP contribution in [0.15, 0.2) is 70.4 Å². The van der Waals surface area contributed by atoms with Gasteiger partial charge in [0.2, 0.25) is 5.91 Å². The Bertz CT molecular complexity index is 1490. The van der Waals surface area contributed by atoms with Gasteiger partial charge in [-0.3, -0.25) is 4.79 Å². The molecule has 5 nitrogen and oxygen atoms in total. The number of aromatic amines is 1. The first-order valence-corrected chi connectivity index (χ1v) is 14.2. The number of aliphatic hydroxyl groups is 1. The van der Waals surface area contributed by atoms with Crippen molar-refractivity contribution in [3.05, 3.63) is 110 Å². The first kappa shape index (κ1) is 26.9. The second kappa shape index (κ2) is 11.6. The summed E-state index contributed by atoms with van der Waals surface area (Å²) in [5.74, 6) is -0.0103. The van der Waals surface area contributed by atoms with E-state index in [1.807, 2.05) is 0 Å². The lowest BCUT2D eigenvalue weighted by Crippen LogP contribution is -2.26. The number of amides is 1. The van der Waals surface area contributed by atoms with Crippen LogP contribution in [0, 0.1) is 13.8 Å². The van der Waals surface area contributed by atoms with E-state index < -0.39 is 0 Å². The Labute approximate surface area is 231 Å². The molecule has 2 aliphatic rings. The highest BCUT2D eigenvalue weighted by Crippen LogP contribution is 2.42. The summed E-state index contributed by atoms with van der Waals surface area (Å²) in [5, 5.41) is 11.6. The van der Waals surface area contributed by atoms with Gasteiger partial charge >= 0.3 is 0 Å². The lowest BCUT2D eigenvalue weighted by molar-refractivity contribution is -0.121. The molecule has 3 N–H and O–H groups in total. The number of nitrogens with zero attached hydrogens (tertiary/aromatic N) is 1. The summed E-state index contributed by atoms with van der Waals surface area (Å²) in [6.45, 7) is 9.12. The number of aromatic nitrogens is 1. The lowest BCUT2D eigenvalue weighted by Gasteiger charge is -2.18. The second-order valence-corrected chi connectivity index (χ2v) is 10.7. The number of rotatable bonds is 9. The Hall–Kier alpha value is -3.70. The highest BCUT2D eigenvalue weighted by atomic mass is 16.3. The molecular weight excluding hydrogens is 482 g/mol. The van der Waals surface area contributed by atoms with Crippen LogP contribution in [0.2, 0.25) is 0 Å². The van der Waals surface area contributed by atoms with Gasteiger partial charge in [-0.1, -0.05) is 55.5 Å². The molecule has 1 amide bonds. The van der Waals surface area contributed by atoms with Gasteiger partial charge in [-0.05, 0) is 91.8 Å². The van der Waals surface area contributed by atoms with Crippen LogP contribution in [0.4, 0.5) is 0 Å². The predicted octanol–water partition coefficient (Wildman–Crippen LogP) is 6.15. The maximum absolute atomic E-state index is 11.9. The molecule has 0 atom stereocenters. The van der Waals surface area contributed by atoms with Gasteiger partial charge in [0, 0.05) is 29.8 Å². The summed E-state index contributed by atoms with van der Waals surface area (Å²) in [6, 6.07) is 17.5. The number of hydrogen-bond acceptors (Lipinski definition) is 3. The standard InChI is InChI=1S/C34H39N3O2/c1-5-27-21(2)32(36-23(27)4)31(26-15-13-24(14-16-26)9-8-12-30(39)35-19-20-38)33-22(3)28-18-17-25-10-6-7-11-29(25)34(28)37-33/h6-7,10-11,13-16,36,38H,5,8-9,12,17-20H2,1-4H3,(H,35,39). The minimum Gasteiger partial charge on any atom is -0.395 e. The van der Waals surface area contributed by atoms with E-state index in [0.717, 1.165) is 60.3 Å². The van der Waals surface area contributed by atoms with Gasteiger partial charge in [-0.2, -0.15) is 0 Å². The molecular formula is C34H39N3O2. The van der Waals surface area contributed by atoms with Crippen molar-refractivity contribution in [1.82, 2.24) is 10.3 Å². The fourth-order valence-corrected chi connectivity index (χ4v) is 6.13. The van der Waals surface area contributed by atoms with Crippen LogP contribution < -0.4 is 5.32 Å². The Balaban J connectivity index is 1.54. The topological polar surface area (TPSA) is 77.5 Å². The molecule has 0 fully saturated rings. The number of nitrogens with one attached hydrogen (secondary N) is 2. The highest BCUT2D eigenvalue weighted by molar-refractivity contribution is 6.18. The van der Waals surface area contributed by atoms with E-state index in [4.69, 9.17) is 10.1 Å². The molecule has 5 rings (SSSR count). The molecule has 2 aromatic carbocycles. The first-order chi connectivity index (χ1) is 18.9. The van der Waals surface area contributed by atoms with Crippen LogP contribution >= 0.6 is 0 Å². The Kier molecular flexibility index (Phi) is 7.99. The summed E-state index contributed by atoms with van der Waals surface area (Å²) < 4.78 is 0. The number of carbonyl (C=O) groups is 1. The molecule has 39 heavy (non-hydrogen) atoms. The summed E-state index contributed by atoms with van der Waals surface area (Å²) >= 11 is 0. The van der Waals surface area contributed by atoms with Crippen molar-refractivity contribution in [2.24, 2.45) is 4.99 Å². The maximum Gasteiger partial charge on any atom is 0.220 e. The van der Waals surface area contributed by atoms with Crippen LogP contribution in [0.1, 0.15) is 77.9 Å². The normalized spacial score (nSPS) is 15.7. The fourth-order valence-electron chi connectivity index (χ4n) is 6.13. The zero-order valence-corrected chi connectivity index (χ0v) is 23.6. The van der Waals surface area contributed by atoms with Gasteiger partial charge in [0.1, 0.15) is 0 Å². The molecule has 1 aromatic heterocycles. The van der Waals surface area contributed by atoms with Crippen LogP contribution in [0.5, 0.6) is 0 Å². The zero-order chi connectivity index (χ0) is 27.5. The average molecular weight is 522 g/mol. The molecule has 2 heterocycles. The predicted molar refractivity (Wildman–Crippen MR) is 159 cm³/mol. The summed E-state index contributed by atoms with van der Waals surface area (Å²) in [6.07, 6.45) is 5.14. The van der Waals surface area contributed by atoms with Gasteiger partial charge in [-0.25, -0.2) is 4.99 Å². The Morgan fingerprint density at radius 1 is 1.05 bits per heavy atom. The molecule has 5 heteroatoms. The van der Waals surface area contributed by atoms with Crippen molar-refractivity contribution in [2.75, 3.05) is 13.2 Å². The van der Waals surface area contributed by atoms with E-state index >= 15 is 0 Å². The van der Waals surface area contributed by atoms with Crippen molar-refractivity contribution in [3.63, 3.8) is 0 Å². The van der Waals surface area contributed by atoms with E-state index in [9.17, 15) is 4.79 Å². The Morgan fingerprint density at radius 2 is 1.82 bits per heavy atom. The molecule has 3 aromatic rings. The number of benzene rings is 2. The molecule has 1 aliphatic heterocycles. The van der Waals surface area contributed by atoms with Crippen molar-refractivity contribution in [2.45, 2.75) is 66.2 Å². The van der Waals surface area contributed by atoms with Crippen LogP contribution in [-0.2, 0) is 24.1 Å². The monoisotopic (exact) mass is 521 g/mol. The van der Waals surface area contributed by atoms with Crippen LogP contribution in [-0.4, -0.2) is 34.9 Å². The quantitative estimate of drug-likeness (QED) is 0.316. The number of aliphatic imine (C=N–C) groups is 1. The van der Waals surface area contributed by atoms with Crippen molar-refractivity contribution in [1.29, 1.82) is 0 Å². The molecule has 0 unspecified atom stereocenters. The van der Waals surface area contributed by atoms with Gasteiger partial charge in [0.15, 0.2) is 0 Å². The van der Waals surface area contributed by atoms with E-state index in [1.54, 1.807) is 0 Å². The molecule has 1 aliphatic carbocycles. The summed E-state index contributed by atoms with van der Waals surface area (Å²) in [7, 11) is 0. The van der Waals surface area contributed by atoms with Crippen molar-refractivity contribution < 1.29 is 9.90 Å². The lowest BCUT2D eigenvalue weighted by atomic mass is 9.85. The van der Waals surface area contributed by atoms with Crippen molar-refractivity contribution in [3.8, 4) is 0 Å². The highest BCUT2D eigenvalue weighted by Gasteiger charge is 2.30. The number of allylic oxidation sites excluding steroid dienone is 2. The maximum atomic E-state index is 11.9. The molecule has 0 spiro atoms. The molecule has 0 bridgehead atoms. The number of H-pyrrole nitrogens is 1. The number of fused-ring (bicyclic) bond motifs is 3. The smallest absolute Gasteiger partial charge is 0.220 e. The second-order valence-electron chi connectivity index (χ2n) is 10.7. The van der Waals surface area contributed by atoms with Crippen molar-refractivity contribution >= 4 is 17.2 Å². The number of hydrogen-bond donors (Lipinski definition) is 3. The average Bonchev–Trinajstić information content (AvgIpc) is 3.43. The zero-order valence-electron chi connectivity index (χ0n) is 23.6. The summed E-state index contributed by atoms with van der Waals surface area (Å²) in [5.41, 5.74) is 16.1. The molecule has 0 saturated heterocycles.